The maximum atomic E-state index is 11.0. The summed E-state index contributed by atoms with van der Waals surface area (Å²) < 4.78 is 5.56. The van der Waals surface area contributed by atoms with Crippen LogP contribution in [0.15, 0.2) is 18.2 Å². The van der Waals surface area contributed by atoms with Gasteiger partial charge < -0.3 is 10.5 Å². The molecule has 0 saturated heterocycles. The Labute approximate surface area is 90.2 Å². The number of benzene rings is 1. The fourth-order valence-corrected chi connectivity index (χ4v) is 1.35. The molecular formula is C12H17NO2. The highest BCUT2D eigenvalue weighted by molar-refractivity contribution is 5.79. The van der Waals surface area contributed by atoms with E-state index in [1.54, 1.807) is 0 Å². The molecular weight excluding hydrogens is 190 g/mol. The monoisotopic (exact) mass is 207 g/mol. The maximum absolute atomic E-state index is 11.0. The molecule has 0 aliphatic heterocycles. The van der Waals surface area contributed by atoms with E-state index in [4.69, 9.17) is 10.5 Å². The lowest BCUT2D eigenvalue weighted by molar-refractivity contribution is -0.124. The fraction of sp³-hybridized carbons (Fsp3) is 0.417. The van der Waals surface area contributed by atoms with Crippen molar-refractivity contribution in [1.29, 1.82) is 0 Å². The van der Waals surface area contributed by atoms with E-state index >= 15 is 0 Å². The van der Waals surface area contributed by atoms with Crippen LogP contribution in [0.2, 0.25) is 0 Å². The Morgan fingerprint density at radius 2 is 2.13 bits per heavy atom. The van der Waals surface area contributed by atoms with Crippen LogP contribution in [0.25, 0.3) is 0 Å². The summed E-state index contributed by atoms with van der Waals surface area (Å²) in [5.41, 5.74) is 7.42. The fourth-order valence-electron chi connectivity index (χ4n) is 1.35. The summed E-state index contributed by atoms with van der Waals surface area (Å²) in [6.45, 7) is 5.85. The third-order valence-corrected chi connectivity index (χ3v) is 2.51. The molecule has 0 aliphatic carbocycles. The Hall–Kier alpha value is -1.51. The van der Waals surface area contributed by atoms with Gasteiger partial charge in [0.1, 0.15) is 5.75 Å². The Morgan fingerprint density at radius 1 is 1.47 bits per heavy atom. The molecule has 3 nitrogen and oxygen atoms in total. The van der Waals surface area contributed by atoms with Crippen LogP contribution in [0.3, 0.4) is 0 Å². The average molecular weight is 207 g/mol. The summed E-state index contributed by atoms with van der Waals surface area (Å²) in [5.74, 6) is 0.319. The Balaban J connectivity index is 2.88. The summed E-state index contributed by atoms with van der Waals surface area (Å²) in [5, 5.41) is 0. The van der Waals surface area contributed by atoms with Crippen LogP contribution in [0, 0.1) is 13.8 Å². The molecule has 0 aromatic heterocycles. The van der Waals surface area contributed by atoms with Crippen LogP contribution in [0.1, 0.15) is 24.5 Å². The van der Waals surface area contributed by atoms with Crippen molar-refractivity contribution in [2.45, 2.75) is 33.3 Å². The third-order valence-electron chi connectivity index (χ3n) is 2.51. The van der Waals surface area contributed by atoms with Gasteiger partial charge >= 0.3 is 0 Å². The molecule has 1 amide bonds. The van der Waals surface area contributed by atoms with Crippen molar-refractivity contribution in [3.63, 3.8) is 0 Å². The van der Waals surface area contributed by atoms with Crippen LogP contribution in [0.4, 0.5) is 0 Å². The highest BCUT2D eigenvalue weighted by Crippen LogP contribution is 2.22. The number of hydrogen-bond donors (Lipinski definition) is 1. The van der Waals surface area contributed by atoms with E-state index in [9.17, 15) is 4.79 Å². The van der Waals surface area contributed by atoms with Crippen LogP contribution in [-0.2, 0) is 4.79 Å². The smallest absolute Gasteiger partial charge is 0.258 e. The Kier molecular flexibility index (Phi) is 3.72. The summed E-state index contributed by atoms with van der Waals surface area (Å²) in [7, 11) is 0. The van der Waals surface area contributed by atoms with Gasteiger partial charge in [0.05, 0.1) is 0 Å². The SMILES string of the molecule is CC[C@H](Oc1cccc(C)c1C)C(N)=O. The standard InChI is InChI=1S/C12H17NO2/c1-4-10(12(13)14)15-11-7-5-6-8(2)9(11)3/h5-7,10H,4H2,1-3H3,(H2,13,14)/t10-/m0/s1. The molecule has 0 aliphatic rings. The van der Waals surface area contributed by atoms with E-state index in [2.05, 4.69) is 0 Å². The molecule has 0 heterocycles. The minimum atomic E-state index is -0.537. The number of rotatable bonds is 4. The van der Waals surface area contributed by atoms with E-state index in [1.165, 1.54) is 0 Å². The number of hydrogen-bond acceptors (Lipinski definition) is 2. The lowest BCUT2D eigenvalue weighted by Gasteiger charge is -2.16. The van der Waals surface area contributed by atoms with Crippen molar-refractivity contribution in [2.24, 2.45) is 5.73 Å². The van der Waals surface area contributed by atoms with Crippen LogP contribution >= 0.6 is 0 Å². The van der Waals surface area contributed by atoms with E-state index in [0.29, 0.717) is 6.42 Å². The van der Waals surface area contributed by atoms with Crippen molar-refractivity contribution in [3.05, 3.63) is 29.3 Å². The molecule has 1 aromatic carbocycles. The van der Waals surface area contributed by atoms with Crippen LogP contribution in [0.5, 0.6) is 5.75 Å². The molecule has 82 valence electrons. The van der Waals surface area contributed by atoms with Gasteiger partial charge in [-0.05, 0) is 37.5 Å². The number of aryl methyl sites for hydroxylation is 1. The minimum absolute atomic E-state index is 0.418. The second kappa shape index (κ2) is 4.82. The molecule has 3 heteroatoms. The van der Waals surface area contributed by atoms with Crippen molar-refractivity contribution >= 4 is 5.91 Å². The normalized spacial score (nSPS) is 12.2. The molecule has 0 saturated carbocycles. The molecule has 1 rings (SSSR count). The summed E-state index contributed by atoms with van der Waals surface area (Å²) in [4.78, 5) is 11.0. The first-order valence-corrected chi connectivity index (χ1v) is 5.08. The highest BCUT2D eigenvalue weighted by atomic mass is 16.5. The zero-order valence-electron chi connectivity index (χ0n) is 9.41. The number of primary amides is 1. The van der Waals surface area contributed by atoms with Gasteiger partial charge in [-0.3, -0.25) is 4.79 Å². The molecule has 0 radical (unpaired) electrons. The first kappa shape index (κ1) is 11.6. The van der Waals surface area contributed by atoms with Crippen molar-refractivity contribution in [3.8, 4) is 5.75 Å². The van der Waals surface area contributed by atoms with Gasteiger partial charge in [0.25, 0.3) is 5.91 Å². The van der Waals surface area contributed by atoms with E-state index < -0.39 is 12.0 Å². The zero-order valence-corrected chi connectivity index (χ0v) is 9.41. The predicted octanol–water partition coefficient (Wildman–Crippen LogP) is 1.95. The molecule has 15 heavy (non-hydrogen) atoms. The van der Waals surface area contributed by atoms with Gasteiger partial charge in [0.15, 0.2) is 6.10 Å². The summed E-state index contributed by atoms with van der Waals surface area (Å²) in [6.07, 6.45) is 0.0495. The molecule has 1 atom stereocenters. The third kappa shape index (κ3) is 2.72. The van der Waals surface area contributed by atoms with E-state index in [-0.39, 0.29) is 0 Å². The zero-order chi connectivity index (χ0) is 11.4. The lowest BCUT2D eigenvalue weighted by atomic mass is 10.1. The van der Waals surface area contributed by atoms with Gasteiger partial charge in [-0.25, -0.2) is 0 Å². The predicted molar refractivity (Wildman–Crippen MR) is 59.8 cm³/mol. The number of amides is 1. The molecule has 0 unspecified atom stereocenters. The first-order chi connectivity index (χ1) is 7.06. The van der Waals surface area contributed by atoms with Gasteiger partial charge in [-0.1, -0.05) is 19.1 Å². The number of carbonyl (C=O) groups excluding carboxylic acids is 1. The second-order valence-electron chi connectivity index (χ2n) is 3.62. The average Bonchev–Trinajstić information content (AvgIpc) is 2.19. The van der Waals surface area contributed by atoms with Crippen molar-refractivity contribution in [1.82, 2.24) is 0 Å². The lowest BCUT2D eigenvalue weighted by Crippen LogP contribution is -2.33. The second-order valence-corrected chi connectivity index (χ2v) is 3.62. The maximum Gasteiger partial charge on any atom is 0.258 e. The van der Waals surface area contributed by atoms with Gasteiger partial charge in [0, 0.05) is 0 Å². The van der Waals surface area contributed by atoms with Crippen LogP contribution in [-0.4, -0.2) is 12.0 Å². The highest BCUT2D eigenvalue weighted by Gasteiger charge is 2.15. The molecule has 1 aromatic rings. The van der Waals surface area contributed by atoms with Crippen molar-refractivity contribution < 1.29 is 9.53 Å². The molecule has 0 spiro atoms. The van der Waals surface area contributed by atoms with E-state index in [1.807, 2.05) is 39.0 Å². The topological polar surface area (TPSA) is 52.3 Å². The molecule has 2 N–H and O–H groups in total. The number of carbonyl (C=O) groups is 1. The summed E-state index contributed by atoms with van der Waals surface area (Å²) in [6, 6.07) is 5.77. The van der Waals surface area contributed by atoms with Gasteiger partial charge in [-0.15, -0.1) is 0 Å². The first-order valence-electron chi connectivity index (χ1n) is 5.08. The van der Waals surface area contributed by atoms with Crippen molar-refractivity contribution in [2.75, 3.05) is 0 Å². The summed E-state index contributed by atoms with van der Waals surface area (Å²) >= 11 is 0. The number of ether oxygens (including phenoxy) is 1. The van der Waals surface area contributed by atoms with Gasteiger partial charge in [-0.2, -0.15) is 0 Å². The Bertz CT molecular complexity index is 361. The number of nitrogens with two attached hydrogens (primary N) is 1. The van der Waals surface area contributed by atoms with E-state index in [0.717, 1.165) is 16.9 Å². The minimum Gasteiger partial charge on any atom is -0.480 e. The van der Waals surface area contributed by atoms with Gasteiger partial charge in [0.2, 0.25) is 0 Å². The molecule has 0 fully saturated rings. The quantitative estimate of drug-likeness (QED) is 0.820. The van der Waals surface area contributed by atoms with Crippen LogP contribution < -0.4 is 10.5 Å². The largest absolute Gasteiger partial charge is 0.480 e. The Morgan fingerprint density at radius 3 is 2.67 bits per heavy atom. The molecule has 0 bridgehead atoms.